The van der Waals surface area contributed by atoms with Crippen LogP contribution in [0.15, 0.2) is 0 Å². The standard InChI is InChI=1S/C4H9NO.Li.H2O/c1-4(6)5(2)3;;/h1-3H3;;1H2/q;+1;/p-1. The van der Waals surface area contributed by atoms with Gasteiger partial charge in [0.2, 0.25) is 5.91 Å². The van der Waals surface area contributed by atoms with Gasteiger partial charge in [0.1, 0.15) is 0 Å². The van der Waals surface area contributed by atoms with E-state index in [1.54, 1.807) is 14.1 Å². The fraction of sp³-hybridized carbons (Fsp3) is 0.750. The normalized spacial score (nSPS) is 5.88. The molecule has 0 rings (SSSR count). The Morgan fingerprint density at radius 1 is 1.38 bits per heavy atom. The first-order valence-corrected chi connectivity index (χ1v) is 1.82. The van der Waals surface area contributed by atoms with Gasteiger partial charge in [0.25, 0.3) is 0 Å². The van der Waals surface area contributed by atoms with Gasteiger partial charge >= 0.3 is 18.9 Å². The van der Waals surface area contributed by atoms with E-state index >= 15 is 0 Å². The summed E-state index contributed by atoms with van der Waals surface area (Å²) < 4.78 is 0. The Morgan fingerprint density at radius 2 is 1.50 bits per heavy atom. The molecule has 0 atom stereocenters. The second-order valence-electron chi connectivity index (χ2n) is 1.41. The molecule has 0 saturated carbocycles. The van der Waals surface area contributed by atoms with Crippen LogP contribution in [-0.2, 0) is 4.79 Å². The zero-order valence-corrected chi connectivity index (χ0v) is 5.80. The van der Waals surface area contributed by atoms with Gasteiger partial charge in [-0.1, -0.05) is 0 Å². The number of rotatable bonds is 0. The van der Waals surface area contributed by atoms with E-state index in [0.717, 1.165) is 0 Å². The molecule has 44 valence electrons. The van der Waals surface area contributed by atoms with Crippen molar-refractivity contribution >= 4 is 5.91 Å². The van der Waals surface area contributed by atoms with Crippen molar-refractivity contribution in [3.8, 4) is 0 Å². The Bertz CT molecular complexity index is 65.1. The quantitative estimate of drug-likeness (QED) is 0.311. The molecule has 0 aliphatic rings. The minimum absolute atomic E-state index is 0. The van der Waals surface area contributed by atoms with Crippen molar-refractivity contribution in [3.63, 3.8) is 0 Å². The molecular weight excluding hydrogens is 101 g/mol. The van der Waals surface area contributed by atoms with Crippen LogP contribution in [0.4, 0.5) is 0 Å². The van der Waals surface area contributed by atoms with Gasteiger partial charge in [-0.3, -0.25) is 4.79 Å². The summed E-state index contributed by atoms with van der Waals surface area (Å²) in [5, 5.41) is 0. The monoisotopic (exact) mass is 111 g/mol. The Morgan fingerprint density at radius 3 is 1.50 bits per heavy atom. The predicted octanol–water partition coefficient (Wildman–Crippen LogP) is -3.08. The van der Waals surface area contributed by atoms with E-state index in [0.29, 0.717) is 0 Å². The van der Waals surface area contributed by atoms with Crippen LogP contribution in [-0.4, -0.2) is 30.4 Å². The molecule has 0 aromatic rings. The summed E-state index contributed by atoms with van der Waals surface area (Å²) in [5.41, 5.74) is 0. The van der Waals surface area contributed by atoms with Gasteiger partial charge in [-0.05, 0) is 0 Å². The smallest absolute Gasteiger partial charge is 0.870 e. The number of carbonyl (C=O) groups is 1. The van der Waals surface area contributed by atoms with Crippen LogP contribution >= 0.6 is 0 Å². The largest absolute Gasteiger partial charge is 1.00 e. The molecule has 0 aliphatic carbocycles. The maximum Gasteiger partial charge on any atom is 1.00 e. The first-order chi connectivity index (χ1) is 2.64. The molecule has 8 heavy (non-hydrogen) atoms. The van der Waals surface area contributed by atoms with E-state index < -0.39 is 0 Å². The van der Waals surface area contributed by atoms with Crippen molar-refractivity contribution in [2.75, 3.05) is 14.1 Å². The third-order valence-corrected chi connectivity index (χ3v) is 0.630. The molecule has 0 aliphatic heterocycles. The molecule has 0 radical (unpaired) electrons. The van der Waals surface area contributed by atoms with Gasteiger partial charge in [-0.15, -0.1) is 0 Å². The van der Waals surface area contributed by atoms with Crippen molar-refractivity contribution in [1.29, 1.82) is 0 Å². The van der Waals surface area contributed by atoms with Gasteiger partial charge < -0.3 is 10.4 Å². The van der Waals surface area contributed by atoms with Crippen molar-refractivity contribution in [3.05, 3.63) is 0 Å². The summed E-state index contributed by atoms with van der Waals surface area (Å²) in [6.07, 6.45) is 0. The second kappa shape index (κ2) is 7.03. The molecule has 0 spiro atoms. The molecule has 0 heterocycles. The van der Waals surface area contributed by atoms with Crippen LogP contribution < -0.4 is 18.9 Å². The first-order valence-electron chi connectivity index (χ1n) is 1.82. The summed E-state index contributed by atoms with van der Waals surface area (Å²) in [4.78, 5) is 11.6. The van der Waals surface area contributed by atoms with E-state index in [-0.39, 0.29) is 30.2 Å². The van der Waals surface area contributed by atoms with Crippen molar-refractivity contribution in [2.24, 2.45) is 0 Å². The number of nitrogens with zero attached hydrogens (tertiary/aromatic N) is 1. The third-order valence-electron chi connectivity index (χ3n) is 0.630. The SMILES string of the molecule is CC(=O)N(C)C.[Li+].[OH-]. The van der Waals surface area contributed by atoms with Crippen molar-refractivity contribution < 1.29 is 29.1 Å². The zero-order chi connectivity index (χ0) is 5.15. The van der Waals surface area contributed by atoms with Gasteiger partial charge in [0.15, 0.2) is 0 Å². The van der Waals surface area contributed by atoms with Crippen LogP contribution in [0.3, 0.4) is 0 Å². The van der Waals surface area contributed by atoms with Crippen LogP contribution in [0.25, 0.3) is 0 Å². The zero-order valence-electron chi connectivity index (χ0n) is 5.80. The molecule has 3 nitrogen and oxygen atoms in total. The van der Waals surface area contributed by atoms with Crippen molar-refractivity contribution in [2.45, 2.75) is 6.92 Å². The third kappa shape index (κ3) is 9.39. The second-order valence-corrected chi connectivity index (χ2v) is 1.41. The molecule has 4 heteroatoms. The van der Waals surface area contributed by atoms with Crippen molar-refractivity contribution in [1.82, 2.24) is 4.90 Å². The molecule has 0 aromatic heterocycles. The average molecular weight is 111 g/mol. The van der Waals surface area contributed by atoms with Crippen LogP contribution in [0.1, 0.15) is 6.92 Å². The van der Waals surface area contributed by atoms with Gasteiger partial charge in [-0.25, -0.2) is 0 Å². The Hall–Kier alpha value is 0.0274. The maximum absolute atomic E-state index is 10.1. The van der Waals surface area contributed by atoms with Crippen LogP contribution in [0.5, 0.6) is 0 Å². The minimum Gasteiger partial charge on any atom is -0.870 e. The molecule has 1 amide bonds. The van der Waals surface area contributed by atoms with E-state index in [2.05, 4.69) is 0 Å². The summed E-state index contributed by atoms with van der Waals surface area (Å²) in [6, 6.07) is 0. The Balaban J connectivity index is -0.000000125. The average Bonchev–Trinajstić information content (AvgIpc) is 1.36. The Labute approximate surface area is 61.5 Å². The summed E-state index contributed by atoms with van der Waals surface area (Å²) in [7, 11) is 3.45. The van der Waals surface area contributed by atoms with E-state index in [1.807, 2.05) is 0 Å². The number of hydrogen-bond donors (Lipinski definition) is 0. The van der Waals surface area contributed by atoms with Gasteiger partial charge in [-0.2, -0.15) is 0 Å². The van der Waals surface area contributed by atoms with E-state index in [4.69, 9.17) is 0 Å². The van der Waals surface area contributed by atoms with Crippen LogP contribution in [0.2, 0.25) is 0 Å². The summed E-state index contributed by atoms with van der Waals surface area (Å²) in [6.45, 7) is 1.53. The Kier molecular flexibility index (Phi) is 13.8. The maximum atomic E-state index is 10.1. The number of hydrogen-bond acceptors (Lipinski definition) is 2. The van der Waals surface area contributed by atoms with E-state index in [9.17, 15) is 4.79 Å². The molecular formula is C4H10LiNO2. The van der Waals surface area contributed by atoms with Gasteiger partial charge in [0, 0.05) is 21.0 Å². The summed E-state index contributed by atoms with van der Waals surface area (Å²) >= 11 is 0. The number of amides is 1. The van der Waals surface area contributed by atoms with Gasteiger partial charge in [0.05, 0.1) is 0 Å². The fourth-order valence-electron chi connectivity index (χ4n) is 0. The van der Waals surface area contributed by atoms with Crippen LogP contribution in [0, 0.1) is 0 Å². The minimum atomic E-state index is 0. The first kappa shape index (κ1) is 15.7. The molecule has 1 N–H and O–H groups in total. The molecule has 0 fully saturated rings. The molecule has 0 aromatic carbocycles. The topological polar surface area (TPSA) is 50.3 Å². The molecule has 0 saturated heterocycles. The van der Waals surface area contributed by atoms with E-state index in [1.165, 1.54) is 11.8 Å². The molecule has 0 unspecified atom stereocenters. The number of carbonyl (C=O) groups excluding carboxylic acids is 1. The predicted molar refractivity (Wildman–Crippen MR) is 26.3 cm³/mol. The molecule has 0 bridgehead atoms. The summed E-state index contributed by atoms with van der Waals surface area (Å²) in [5.74, 6) is 0.0926. The fourth-order valence-corrected chi connectivity index (χ4v) is 0.